The van der Waals surface area contributed by atoms with Crippen molar-refractivity contribution in [1.29, 1.82) is 0 Å². The molecule has 0 heterocycles. The topological polar surface area (TPSA) is 26.3 Å². The van der Waals surface area contributed by atoms with Crippen molar-refractivity contribution in [1.82, 2.24) is 4.83 Å². The third-order valence-electron chi connectivity index (χ3n) is 1.03. The largest absolute Gasteiger partial charge is 0.782 e. The lowest BCUT2D eigenvalue weighted by Gasteiger charge is -2.28. The number of nitrogens with zero attached hydrogens (tertiary/aromatic N) is 1. The maximum atomic E-state index is 10.3. The highest BCUT2D eigenvalue weighted by Gasteiger charge is 1.91. The highest BCUT2D eigenvalue weighted by Crippen LogP contribution is 2.04. The van der Waals surface area contributed by atoms with E-state index in [9.17, 15) is 5.21 Å². The van der Waals surface area contributed by atoms with Crippen LogP contribution in [0.3, 0.4) is 0 Å². The molecule has 7 heavy (non-hydrogen) atoms. The predicted octanol–water partition coefficient (Wildman–Crippen LogP) is 1.37. The highest BCUT2D eigenvalue weighted by atomic mass is 31.0. The van der Waals surface area contributed by atoms with E-state index in [2.05, 4.69) is 9.39 Å². The lowest BCUT2D eigenvalue weighted by Crippen LogP contribution is -2.15. The standard InChI is InChI=1S/C4H11NOP/c1-3-4(2)5(6)7/h4H,3,7H2,1-2H3/q-1. The van der Waals surface area contributed by atoms with Gasteiger partial charge in [0.05, 0.1) is 0 Å². The zero-order valence-corrected chi connectivity index (χ0v) is 5.87. The summed E-state index contributed by atoms with van der Waals surface area (Å²) < 4.78 is 0. The van der Waals surface area contributed by atoms with E-state index in [1.807, 2.05) is 13.8 Å². The van der Waals surface area contributed by atoms with Gasteiger partial charge in [-0.3, -0.25) is 0 Å². The Kier molecular flexibility index (Phi) is 3.53. The monoisotopic (exact) mass is 120 g/mol. The van der Waals surface area contributed by atoms with Crippen LogP contribution in [-0.2, 0) is 0 Å². The normalized spacial score (nSPS) is 15.0. The molecule has 0 saturated heterocycles. The minimum Gasteiger partial charge on any atom is -0.782 e. The van der Waals surface area contributed by atoms with Crippen LogP contribution in [0, 0.1) is 5.21 Å². The van der Waals surface area contributed by atoms with Crippen LogP contribution in [0.1, 0.15) is 20.3 Å². The third-order valence-corrected chi connectivity index (χ3v) is 1.53. The second kappa shape index (κ2) is 3.36. The molecule has 3 heteroatoms. The van der Waals surface area contributed by atoms with Gasteiger partial charge in [0.25, 0.3) is 0 Å². The molecule has 0 aromatic heterocycles. The molecule has 2 atom stereocenters. The summed E-state index contributed by atoms with van der Waals surface area (Å²) in [5.74, 6) is 0. The summed E-state index contributed by atoms with van der Waals surface area (Å²) >= 11 is 0. The zero-order chi connectivity index (χ0) is 5.86. The Morgan fingerprint density at radius 3 is 2.29 bits per heavy atom. The molecule has 0 aromatic rings. The lowest BCUT2D eigenvalue weighted by atomic mass is 10.3. The van der Waals surface area contributed by atoms with E-state index in [0.717, 1.165) is 11.3 Å². The van der Waals surface area contributed by atoms with Gasteiger partial charge < -0.3 is 10.0 Å². The average molecular weight is 120 g/mol. The highest BCUT2D eigenvalue weighted by molar-refractivity contribution is 7.13. The van der Waals surface area contributed by atoms with E-state index in [1.54, 1.807) is 0 Å². The summed E-state index contributed by atoms with van der Waals surface area (Å²) in [5, 5.41) is 10.3. The Morgan fingerprint density at radius 1 is 1.86 bits per heavy atom. The molecule has 0 saturated carbocycles. The number of hydrogen-bond acceptors (Lipinski definition) is 2. The van der Waals surface area contributed by atoms with Crippen molar-refractivity contribution >= 4 is 9.39 Å². The minimum atomic E-state index is 0.144. The molecule has 0 aliphatic carbocycles. The Morgan fingerprint density at radius 2 is 2.29 bits per heavy atom. The van der Waals surface area contributed by atoms with Crippen LogP contribution in [-0.4, -0.2) is 10.9 Å². The Balaban J connectivity index is 3.14. The first-order chi connectivity index (χ1) is 3.18. The fourth-order valence-electron chi connectivity index (χ4n) is 0.180. The number of hydroxylamine groups is 1. The smallest absolute Gasteiger partial charge is 0.00286 e. The van der Waals surface area contributed by atoms with Crippen molar-refractivity contribution < 1.29 is 0 Å². The molecular formula is C4H11NOP-. The van der Waals surface area contributed by atoms with Crippen LogP contribution in [0.25, 0.3) is 0 Å². The Labute approximate surface area is 46.7 Å². The predicted molar refractivity (Wildman–Crippen MR) is 34.7 cm³/mol. The van der Waals surface area contributed by atoms with E-state index in [0.29, 0.717) is 0 Å². The second-order valence-electron chi connectivity index (χ2n) is 1.62. The van der Waals surface area contributed by atoms with Gasteiger partial charge in [0.15, 0.2) is 0 Å². The summed E-state index contributed by atoms with van der Waals surface area (Å²) in [4.78, 5) is 0.889. The fourth-order valence-corrected chi connectivity index (χ4v) is 0.391. The molecule has 0 radical (unpaired) electrons. The molecule has 0 aliphatic heterocycles. The van der Waals surface area contributed by atoms with E-state index in [-0.39, 0.29) is 6.04 Å². The molecule has 0 aromatic carbocycles. The zero-order valence-electron chi connectivity index (χ0n) is 4.72. The molecule has 0 amide bonds. The molecule has 44 valence electrons. The molecule has 0 N–H and O–H groups in total. The second-order valence-corrected chi connectivity index (χ2v) is 2.13. The van der Waals surface area contributed by atoms with Crippen molar-refractivity contribution in [2.24, 2.45) is 0 Å². The molecule has 0 rings (SSSR count). The minimum absolute atomic E-state index is 0.144. The SMILES string of the molecule is CCC(C)N([O-])P. The van der Waals surface area contributed by atoms with Crippen molar-refractivity contribution in [2.75, 3.05) is 0 Å². The van der Waals surface area contributed by atoms with Gasteiger partial charge in [-0.2, -0.15) is 0 Å². The van der Waals surface area contributed by atoms with E-state index < -0.39 is 0 Å². The van der Waals surface area contributed by atoms with Gasteiger partial charge in [-0.1, -0.05) is 23.2 Å². The van der Waals surface area contributed by atoms with E-state index in [4.69, 9.17) is 0 Å². The summed E-state index contributed by atoms with van der Waals surface area (Å²) in [6, 6.07) is 0.144. The van der Waals surface area contributed by atoms with Gasteiger partial charge in [-0.15, -0.1) is 0 Å². The summed E-state index contributed by atoms with van der Waals surface area (Å²) in [5.41, 5.74) is 0. The first kappa shape index (κ1) is 7.35. The van der Waals surface area contributed by atoms with Crippen LogP contribution in [0.4, 0.5) is 0 Å². The van der Waals surface area contributed by atoms with Crippen LogP contribution >= 0.6 is 9.39 Å². The van der Waals surface area contributed by atoms with E-state index in [1.165, 1.54) is 0 Å². The average Bonchev–Trinajstić information content (AvgIpc) is 1.65. The van der Waals surface area contributed by atoms with Gasteiger partial charge in [0, 0.05) is 0 Å². The van der Waals surface area contributed by atoms with Gasteiger partial charge in [0.1, 0.15) is 0 Å². The molecular weight excluding hydrogens is 109 g/mol. The van der Waals surface area contributed by atoms with Gasteiger partial charge >= 0.3 is 0 Å². The summed E-state index contributed by atoms with van der Waals surface area (Å²) in [6.45, 7) is 3.87. The fraction of sp³-hybridized carbons (Fsp3) is 1.00. The lowest BCUT2D eigenvalue weighted by molar-refractivity contribution is 0.462. The van der Waals surface area contributed by atoms with Crippen molar-refractivity contribution in [3.8, 4) is 0 Å². The Bertz CT molecular complexity index is 49.0. The van der Waals surface area contributed by atoms with Crippen LogP contribution in [0.2, 0.25) is 0 Å². The van der Waals surface area contributed by atoms with Crippen LogP contribution < -0.4 is 0 Å². The molecule has 0 bridgehead atoms. The number of rotatable bonds is 2. The van der Waals surface area contributed by atoms with E-state index >= 15 is 0 Å². The maximum Gasteiger partial charge on any atom is -0.00286 e. The summed E-state index contributed by atoms with van der Waals surface area (Å²) in [6.07, 6.45) is 0.910. The molecule has 0 spiro atoms. The van der Waals surface area contributed by atoms with Crippen molar-refractivity contribution in [3.05, 3.63) is 5.21 Å². The third kappa shape index (κ3) is 2.98. The van der Waals surface area contributed by atoms with Crippen LogP contribution in [0.15, 0.2) is 0 Å². The first-order valence-corrected chi connectivity index (χ1v) is 2.91. The molecule has 2 unspecified atom stereocenters. The maximum absolute atomic E-state index is 10.3. The molecule has 2 nitrogen and oxygen atoms in total. The van der Waals surface area contributed by atoms with Gasteiger partial charge in [-0.25, -0.2) is 0 Å². The van der Waals surface area contributed by atoms with Crippen molar-refractivity contribution in [3.63, 3.8) is 0 Å². The summed E-state index contributed by atoms with van der Waals surface area (Å²) in [7, 11) is 2.10. The van der Waals surface area contributed by atoms with Gasteiger partial charge in [-0.05, 0) is 12.5 Å². The first-order valence-electron chi connectivity index (χ1n) is 2.39. The molecule has 0 fully saturated rings. The Hall–Kier alpha value is 0.350. The van der Waals surface area contributed by atoms with Crippen LogP contribution in [0.5, 0.6) is 0 Å². The number of hydrogen-bond donors (Lipinski definition) is 0. The van der Waals surface area contributed by atoms with Crippen molar-refractivity contribution in [2.45, 2.75) is 26.3 Å². The quantitative estimate of drug-likeness (QED) is 0.406. The molecule has 0 aliphatic rings. The van der Waals surface area contributed by atoms with Gasteiger partial charge in [0.2, 0.25) is 0 Å².